The van der Waals surface area contributed by atoms with Gasteiger partial charge in [0.15, 0.2) is 0 Å². The molecule has 0 aliphatic heterocycles. The zero-order chi connectivity index (χ0) is 15.3. The Kier molecular flexibility index (Phi) is 9.60. The van der Waals surface area contributed by atoms with Crippen LogP contribution < -0.4 is 4.74 Å². The molecule has 0 saturated heterocycles. The molecule has 0 aromatic heterocycles. The summed E-state index contributed by atoms with van der Waals surface area (Å²) in [6.45, 7) is 2.24. The Balaban J connectivity index is 2.11. The van der Waals surface area contributed by atoms with Crippen molar-refractivity contribution < 1.29 is 9.53 Å². The lowest BCUT2D eigenvalue weighted by Crippen LogP contribution is -2.04. The van der Waals surface area contributed by atoms with Gasteiger partial charge in [0.25, 0.3) is 0 Å². The summed E-state index contributed by atoms with van der Waals surface area (Å²) in [7, 11) is 1.65. The molecule has 0 spiro atoms. The molecule has 0 unspecified atom stereocenters. The van der Waals surface area contributed by atoms with Crippen molar-refractivity contribution in [3.63, 3.8) is 0 Å². The van der Waals surface area contributed by atoms with Crippen molar-refractivity contribution in [3.8, 4) is 5.75 Å². The molecule has 0 aliphatic carbocycles. The Hall–Kier alpha value is -1.31. The predicted octanol–water partition coefficient (Wildman–Crippen LogP) is 5.34. The molecule has 0 N–H and O–H groups in total. The molecule has 0 atom stereocenters. The Labute approximate surface area is 129 Å². The van der Waals surface area contributed by atoms with E-state index in [9.17, 15) is 4.79 Å². The van der Waals surface area contributed by atoms with E-state index >= 15 is 0 Å². The van der Waals surface area contributed by atoms with Crippen molar-refractivity contribution >= 4 is 5.78 Å². The fourth-order valence-corrected chi connectivity index (χ4v) is 2.61. The van der Waals surface area contributed by atoms with Gasteiger partial charge in [0.2, 0.25) is 0 Å². The maximum atomic E-state index is 12.0. The van der Waals surface area contributed by atoms with Gasteiger partial charge in [0.05, 0.1) is 7.11 Å². The molecular formula is C19H30O2. The van der Waals surface area contributed by atoms with Gasteiger partial charge >= 0.3 is 0 Å². The average molecular weight is 290 g/mol. The molecule has 118 valence electrons. The molecule has 1 aromatic rings. The molecule has 0 radical (unpaired) electrons. The van der Waals surface area contributed by atoms with Crippen molar-refractivity contribution in [2.75, 3.05) is 7.11 Å². The Bertz CT molecular complexity index is 398. The van der Waals surface area contributed by atoms with E-state index in [4.69, 9.17) is 4.74 Å². The Morgan fingerprint density at radius 3 is 2.24 bits per heavy atom. The highest BCUT2D eigenvalue weighted by Crippen LogP contribution is 2.19. The third kappa shape index (κ3) is 7.89. The highest BCUT2D eigenvalue weighted by atomic mass is 16.5. The van der Waals surface area contributed by atoms with Gasteiger partial charge in [-0.15, -0.1) is 0 Å². The van der Waals surface area contributed by atoms with E-state index in [1.54, 1.807) is 7.11 Å². The predicted molar refractivity (Wildman–Crippen MR) is 88.9 cm³/mol. The number of ether oxygens (including phenoxy) is 1. The molecule has 0 fully saturated rings. The number of Topliss-reactive ketones (excluding diaryl/α,β-unsaturated/α-hetero) is 1. The van der Waals surface area contributed by atoms with Crippen LogP contribution in [-0.2, 0) is 11.2 Å². The van der Waals surface area contributed by atoms with E-state index in [1.807, 2.05) is 24.3 Å². The van der Waals surface area contributed by atoms with Gasteiger partial charge in [0.1, 0.15) is 11.5 Å². The number of hydrogen-bond donors (Lipinski definition) is 0. The molecule has 0 bridgehead atoms. The van der Waals surface area contributed by atoms with Gasteiger partial charge in [-0.05, 0) is 12.5 Å². The van der Waals surface area contributed by atoms with Crippen LogP contribution in [0.5, 0.6) is 5.75 Å². The third-order valence-corrected chi connectivity index (χ3v) is 3.89. The van der Waals surface area contributed by atoms with Crippen LogP contribution in [0.3, 0.4) is 0 Å². The lowest BCUT2D eigenvalue weighted by atomic mass is 10.0. The molecule has 1 aromatic carbocycles. The first-order valence-electron chi connectivity index (χ1n) is 8.41. The Morgan fingerprint density at radius 1 is 0.952 bits per heavy atom. The van der Waals surface area contributed by atoms with Crippen LogP contribution in [0.15, 0.2) is 24.3 Å². The third-order valence-electron chi connectivity index (χ3n) is 3.89. The van der Waals surface area contributed by atoms with Crippen molar-refractivity contribution in [1.82, 2.24) is 0 Å². The summed E-state index contributed by atoms with van der Waals surface area (Å²) in [5.74, 6) is 1.15. The summed E-state index contributed by atoms with van der Waals surface area (Å²) in [6, 6.07) is 7.79. The van der Waals surface area contributed by atoms with Crippen LogP contribution in [0.2, 0.25) is 0 Å². The number of hydrogen-bond acceptors (Lipinski definition) is 2. The van der Waals surface area contributed by atoms with Crippen LogP contribution in [-0.4, -0.2) is 12.9 Å². The summed E-state index contributed by atoms with van der Waals surface area (Å²) < 4.78 is 5.28. The lowest BCUT2D eigenvalue weighted by molar-refractivity contribution is -0.118. The highest BCUT2D eigenvalue weighted by Gasteiger charge is 2.07. The van der Waals surface area contributed by atoms with Gasteiger partial charge < -0.3 is 4.74 Å². The van der Waals surface area contributed by atoms with Crippen LogP contribution in [0.25, 0.3) is 0 Å². The summed E-state index contributed by atoms with van der Waals surface area (Å²) in [4.78, 5) is 12.0. The number of methoxy groups -OCH3 is 1. The van der Waals surface area contributed by atoms with Crippen molar-refractivity contribution in [2.24, 2.45) is 0 Å². The monoisotopic (exact) mass is 290 g/mol. The second-order valence-electron chi connectivity index (χ2n) is 5.75. The standard InChI is InChI=1S/C19H30O2/c1-3-4-5-6-7-8-9-10-14-18(20)16-17-13-11-12-15-19(17)21-2/h11-13,15H,3-10,14,16H2,1-2H3. The smallest absolute Gasteiger partial charge is 0.137 e. The lowest BCUT2D eigenvalue weighted by Gasteiger charge is -2.07. The maximum absolute atomic E-state index is 12.0. The average Bonchev–Trinajstić information content (AvgIpc) is 2.50. The van der Waals surface area contributed by atoms with Crippen LogP contribution in [0, 0.1) is 0 Å². The molecule has 2 nitrogen and oxygen atoms in total. The second kappa shape index (κ2) is 11.4. The van der Waals surface area contributed by atoms with Gasteiger partial charge in [0, 0.05) is 18.4 Å². The summed E-state index contributed by atoms with van der Waals surface area (Å²) in [6.07, 6.45) is 11.4. The summed E-state index contributed by atoms with van der Waals surface area (Å²) >= 11 is 0. The zero-order valence-electron chi connectivity index (χ0n) is 13.7. The number of para-hydroxylation sites is 1. The number of carbonyl (C=O) groups excluding carboxylic acids is 1. The molecular weight excluding hydrogens is 260 g/mol. The molecule has 21 heavy (non-hydrogen) atoms. The summed E-state index contributed by atoms with van der Waals surface area (Å²) in [5.41, 5.74) is 1.00. The molecule has 0 amide bonds. The van der Waals surface area contributed by atoms with E-state index < -0.39 is 0 Å². The van der Waals surface area contributed by atoms with Crippen LogP contribution >= 0.6 is 0 Å². The molecule has 1 rings (SSSR count). The first-order chi connectivity index (χ1) is 10.3. The van der Waals surface area contributed by atoms with E-state index in [2.05, 4.69) is 6.92 Å². The number of carbonyl (C=O) groups is 1. The fourth-order valence-electron chi connectivity index (χ4n) is 2.61. The molecule has 2 heteroatoms. The number of benzene rings is 1. The number of unbranched alkanes of at least 4 members (excludes halogenated alkanes) is 7. The van der Waals surface area contributed by atoms with E-state index in [0.717, 1.165) is 17.7 Å². The van der Waals surface area contributed by atoms with Crippen molar-refractivity contribution in [3.05, 3.63) is 29.8 Å². The van der Waals surface area contributed by atoms with E-state index in [1.165, 1.54) is 44.9 Å². The van der Waals surface area contributed by atoms with Gasteiger partial charge in [-0.25, -0.2) is 0 Å². The Morgan fingerprint density at radius 2 is 1.57 bits per heavy atom. The maximum Gasteiger partial charge on any atom is 0.137 e. The van der Waals surface area contributed by atoms with Crippen LogP contribution in [0.1, 0.15) is 70.3 Å². The minimum absolute atomic E-state index is 0.325. The molecule has 0 saturated carbocycles. The SMILES string of the molecule is CCCCCCCCCCC(=O)Cc1ccccc1OC. The number of rotatable bonds is 12. The molecule has 0 heterocycles. The first kappa shape index (κ1) is 17.7. The minimum Gasteiger partial charge on any atom is -0.496 e. The number of ketones is 1. The highest BCUT2D eigenvalue weighted by molar-refractivity contribution is 5.81. The van der Waals surface area contributed by atoms with Gasteiger partial charge in [-0.2, -0.15) is 0 Å². The topological polar surface area (TPSA) is 26.3 Å². The van der Waals surface area contributed by atoms with Crippen molar-refractivity contribution in [2.45, 2.75) is 71.1 Å². The summed E-state index contributed by atoms with van der Waals surface area (Å²) in [5, 5.41) is 0. The normalized spacial score (nSPS) is 10.6. The van der Waals surface area contributed by atoms with E-state index in [-0.39, 0.29) is 0 Å². The van der Waals surface area contributed by atoms with Crippen molar-refractivity contribution in [1.29, 1.82) is 0 Å². The first-order valence-corrected chi connectivity index (χ1v) is 8.41. The zero-order valence-corrected chi connectivity index (χ0v) is 13.7. The minimum atomic E-state index is 0.325. The second-order valence-corrected chi connectivity index (χ2v) is 5.75. The molecule has 0 aliphatic rings. The van der Waals surface area contributed by atoms with Gasteiger partial charge in [-0.1, -0.05) is 70.1 Å². The fraction of sp³-hybridized carbons (Fsp3) is 0.632. The van der Waals surface area contributed by atoms with Crippen LogP contribution in [0.4, 0.5) is 0 Å². The quantitative estimate of drug-likeness (QED) is 0.486. The van der Waals surface area contributed by atoms with Gasteiger partial charge in [-0.3, -0.25) is 4.79 Å². The van der Waals surface area contributed by atoms with E-state index in [0.29, 0.717) is 18.6 Å². The largest absolute Gasteiger partial charge is 0.496 e.